The fraction of sp³-hybridized carbons (Fsp3) is 0.667. The van der Waals surface area contributed by atoms with Crippen LogP contribution in [0.25, 0.3) is 0 Å². The Hall–Kier alpha value is -1.18. The van der Waals surface area contributed by atoms with Crippen molar-refractivity contribution in [3.05, 3.63) is 0 Å². The molecule has 0 aliphatic carbocycles. The quantitative estimate of drug-likeness (QED) is 0.403. The van der Waals surface area contributed by atoms with Gasteiger partial charge in [0.25, 0.3) is 0 Å². The van der Waals surface area contributed by atoms with Crippen molar-refractivity contribution in [3.8, 4) is 0 Å². The molecule has 0 aromatic heterocycles. The predicted molar refractivity (Wildman–Crippen MR) is 40.0 cm³/mol. The predicted octanol–water partition coefficient (Wildman–Crippen LogP) is -1.51. The van der Waals surface area contributed by atoms with Gasteiger partial charge in [-0.25, -0.2) is 9.59 Å². The van der Waals surface area contributed by atoms with Crippen LogP contribution in [0, 0.1) is 0 Å². The van der Waals surface area contributed by atoms with Gasteiger partial charge in [-0.2, -0.15) is 0 Å². The van der Waals surface area contributed by atoms with E-state index < -0.39 is 31.4 Å². The van der Waals surface area contributed by atoms with Gasteiger partial charge in [-0.05, 0) is 6.92 Å². The summed E-state index contributed by atoms with van der Waals surface area (Å²) in [6.07, 6.45) is -1.17. The van der Waals surface area contributed by atoms with Crippen molar-refractivity contribution >= 4 is 11.9 Å². The van der Waals surface area contributed by atoms with Gasteiger partial charge in [0.15, 0.2) is 0 Å². The number of hydrogen-bond donors (Lipinski definition) is 4. The average Bonchev–Trinajstić information content (AvgIpc) is 1.83. The molecule has 0 radical (unpaired) electrons. The fourth-order valence-corrected chi connectivity index (χ4v) is 0.226. The smallest absolute Gasteiger partial charge is 0.329 e. The zero-order valence-electron chi connectivity index (χ0n) is 7.01. The average molecular weight is 196 g/mol. The third-order valence-electron chi connectivity index (χ3n) is 0.451. The molecule has 78 valence electrons. The topological polar surface area (TPSA) is 124 Å². The first-order chi connectivity index (χ1) is 5.86. The summed E-state index contributed by atoms with van der Waals surface area (Å²) in [5, 5.41) is 31.0. The minimum absolute atomic E-state index is 0.563. The first-order valence-electron chi connectivity index (χ1n) is 3.23. The van der Waals surface area contributed by atoms with E-state index in [-0.39, 0.29) is 0 Å². The lowest BCUT2D eigenvalue weighted by Gasteiger charge is -1.92. The SMILES string of the molecule is CC(O)O.O=C(O)COCC(=O)O. The molecule has 0 aromatic rings. The van der Waals surface area contributed by atoms with Crippen LogP contribution >= 0.6 is 0 Å². The van der Waals surface area contributed by atoms with Gasteiger partial charge in [-0.3, -0.25) is 0 Å². The molecule has 0 heterocycles. The summed E-state index contributed by atoms with van der Waals surface area (Å²) < 4.78 is 4.16. The molecule has 0 bridgehead atoms. The molecule has 4 N–H and O–H groups in total. The summed E-state index contributed by atoms with van der Waals surface area (Å²) in [7, 11) is 0. The van der Waals surface area contributed by atoms with E-state index in [4.69, 9.17) is 20.4 Å². The van der Waals surface area contributed by atoms with E-state index in [1.807, 2.05) is 0 Å². The molecular weight excluding hydrogens is 184 g/mol. The number of aliphatic carboxylic acids is 2. The molecule has 7 heteroatoms. The van der Waals surface area contributed by atoms with Crippen LogP contribution in [-0.2, 0) is 14.3 Å². The highest BCUT2D eigenvalue weighted by atomic mass is 16.5. The Morgan fingerprint density at radius 2 is 1.38 bits per heavy atom. The van der Waals surface area contributed by atoms with E-state index in [1.165, 1.54) is 6.92 Å². The van der Waals surface area contributed by atoms with Gasteiger partial charge >= 0.3 is 11.9 Å². The number of aliphatic hydroxyl groups is 2. The van der Waals surface area contributed by atoms with E-state index >= 15 is 0 Å². The Morgan fingerprint density at radius 3 is 1.54 bits per heavy atom. The molecule has 0 aromatic carbocycles. The minimum Gasteiger partial charge on any atom is -0.480 e. The lowest BCUT2D eigenvalue weighted by Crippen LogP contribution is -2.13. The lowest BCUT2D eigenvalue weighted by atomic mass is 10.7. The van der Waals surface area contributed by atoms with Crippen molar-refractivity contribution in [3.63, 3.8) is 0 Å². The molecule has 7 nitrogen and oxygen atoms in total. The summed E-state index contributed by atoms with van der Waals surface area (Å²) in [5.41, 5.74) is 0. The van der Waals surface area contributed by atoms with Crippen LogP contribution < -0.4 is 0 Å². The second-order valence-electron chi connectivity index (χ2n) is 1.91. The van der Waals surface area contributed by atoms with Crippen LogP contribution in [0.5, 0.6) is 0 Å². The first kappa shape index (κ1) is 14.3. The van der Waals surface area contributed by atoms with Crippen molar-refractivity contribution in [2.24, 2.45) is 0 Å². The van der Waals surface area contributed by atoms with Crippen LogP contribution in [0.2, 0.25) is 0 Å². The third-order valence-corrected chi connectivity index (χ3v) is 0.451. The molecule has 13 heavy (non-hydrogen) atoms. The van der Waals surface area contributed by atoms with E-state index in [0.717, 1.165) is 0 Å². The van der Waals surface area contributed by atoms with Gasteiger partial charge in [0, 0.05) is 0 Å². The van der Waals surface area contributed by atoms with Crippen molar-refractivity contribution in [2.45, 2.75) is 13.2 Å². The summed E-state index contributed by atoms with van der Waals surface area (Å²) in [5.74, 6) is -2.34. The maximum absolute atomic E-state index is 9.66. The maximum atomic E-state index is 9.66. The monoisotopic (exact) mass is 196 g/mol. The van der Waals surface area contributed by atoms with Gasteiger partial charge in [0.1, 0.15) is 19.5 Å². The largest absolute Gasteiger partial charge is 0.480 e. The van der Waals surface area contributed by atoms with Gasteiger partial charge in [-0.15, -0.1) is 0 Å². The minimum atomic E-state index is -1.17. The summed E-state index contributed by atoms with van der Waals surface area (Å²) >= 11 is 0. The zero-order valence-corrected chi connectivity index (χ0v) is 7.01. The van der Waals surface area contributed by atoms with Gasteiger partial charge in [0.2, 0.25) is 0 Å². The van der Waals surface area contributed by atoms with Crippen LogP contribution in [0.1, 0.15) is 6.92 Å². The molecule has 0 saturated heterocycles. The van der Waals surface area contributed by atoms with Crippen molar-refractivity contribution < 1.29 is 34.8 Å². The standard InChI is InChI=1S/C4H6O5.C2H6O2/c5-3(6)1-9-2-4(7)8;1-2(3)4/h1-2H2,(H,5,6)(H,7,8);2-4H,1H3. The third kappa shape index (κ3) is 36.2. The van der Waals surface area contributed by atoms with E-state index in [1.54, 1.807) is 0 Å². The van der Waals surface area contributed by atoms with E-state index in [2.05, 4.69) is 4.74 Å². The molecule has 0 spiro atoms. The Kier molecular flexibility index (Phi) is 9.84. The Morgan fingerprint density at radius 1 is 1.15 bits per heavy atom. The maximum Gasteiger partial charge on any atom is 0.329 e. The summed E-state index contributed by atoms with van der Waals surface area (Å²) in [6.45, 7) is 0.151. The molecule has 0 amide bonds. The van der Waals surface area contributed by atoms with Crippen LogP contribution in [-0.4, -0.2) is 51.9 Å². The summed E-state index contributed by atoms with van der Waals surface area (Å²) in [4.78, 5) is 19.3. The van der Waals surface area contributed by atoms with Crippen molar-refractivity contribution in [1.29, 1.82) is 0 Å². The highest BCUT2D eigenvalue weighted by Crippen LogP contribution is 1.73. The van der Waals surface area contributed by atoms with Crippen LogP contribution in [0.15, 0.2) is 0 Å². The fourth-order valence-electron chi connectivity index (χ4n) is 0.226. The lowest BCUT2D eigenvalue weighted by molar-refractivity contribution is -0.148. The number of carboxylic acid groups (broad SMARTS) is 2. The molecule has 0 saturated carbocycles. The highest BCUT2D eigenvalue weighted by Gasteiger charge is 1.98. The van der Waals surface area contributed by atoms with E-state index in [0.29, 0.717) is 0 Å². The van der Waals surface area contributed by atoms with Crippen molar-refractivity contribution in [1.82, 2.24) is 0 Å². The van der Waals surface area contributed by atoms with Gasteiger partial charge in [0.05, 0.1) is 0 Å². The molecule has 0 aliphatic heterocycles. The Bertz CT molecular complexity index is 136. The summed E-state index contributed by atoms with van der Waals surface area (Å²) in [6, 6.07) is 0. The Balaban J connectivity index is 0. The van der Waals surface area contributed by atoms with Crippen molar-refractivity contribution in [2.75, 3.05) is 13.2 Å². The number of ether oxygens (including phenoxy) is 1. The molecule has 0 rings (SSSR count). The van der Waals surface area contributed by atoms with E-state index in [9.17, 15) is 9.59 Å². The molecular formula is C6H12O7. The molecule has 0 fully saturated rings. The number of hydrogen-bond acceptors (Lipinski definition) is 5. The first-order valence-corrected chi connectivity index (χ1v) is 3.23. The number of aliphatic hydroxyl groups excluding tert-OH is 1. The van der Waals surface area contributed by atoms with Crippen LogP contribution in [0.4, 0.5) is 0 Å². The number of carboxylic acids is 2. The van der Waals surface area contributed by atoms with Gasteiger partial charge < -0.3 is 25.2 Å². The number of rotatable bonds is 4. The zero-order chi connectivity index (χ0) is 10.9. The molecule has 0 aliphatic rings. The number of carbonyl (C=O) groups is 2. The second-order valence-corrected chi connectivity index (χ2v) is 1.91. The normalized spacial score (nSPS) is 8.92. The Labute approximate surface area is 74.2 Å². The molecule has 0 unspecified atom stereocenters. The highest BCUT2D eigenvalue weighted by molar-refractivity contribution is 5.70. The molecule has 0 atom stereocenters. The van der Waals surface area contributed by atoms with Gasteiger partial charge in [-0.1, -0.05) is 0 Å². The van der Waals surface area contributed by atoms with Crippen LogP contribution in [0.3, 0.4) is 0 Å². The second kappa shape index (κ2) is 8.91.